The minimum absolute atomic E-state index is 0.338. The number of halogens is 2. The van der Waals surface area contributed by atoms with E-state index in [0.29, 0.717) is 11.7 Å². The summed E-state index contributed by atoms with van der Waals surface area (Å²) in [5, 5.41) is 3.67. The summed E-state index contributed by atoms with van der Waals surface area (Å²) in [6.07, 6.45) is 1.63. The summed E-state index contributed by atoms with van der Waals surface area (Å²) in [4.78, 5) is 3.96. The SMILES string of the molecule is C=Nn1c(Br)cnc1CCl. The Morgan fingerprint density at radius 1 is 1.90 bits per heavy atom. The van der Waals surface area contributed by atoms with Gasteiger partial charge in [-0.3, -0.25) is 0 Å². The number of rotatable bonds is 2. The monoisotopic (exact) mass is 221 g/mol. The molecule has 0 aliphatic carbocycles. The molecular formula is C5H5BrClN3. The van der Waals surface area contributed by atoms with Crippen molar-refractivity contribution in [3.63, 3.8) is 0 Å². The van der Waals surface area contributed by atoms with Crippen molar-refractivity contribution in [2.75, 3.05) is 0 Å². The Morgan fingerprint density at radius 3 is 3.00 bits per heavy atom. The molecule has 1 rings (SSSR count). The molecule has 0 bridgehead atoms. The standard InChI is InChI=1S/C5H5BrClN3/c1-8-10-4(6)3-9-5(10)2-7/h3H,1-2H2. The van der Waals surface area contributed by atoms with Crippen LogP contribution in [0, 0.1) is 0 Å². The zero-order chi connectivity index (χ0) is 7.56. The van der Waals surface area contributed by atoms with Gasteiger partial charge in [-0.1, -0.05) is 0 Å². The van der Waals surface area contributed by atoms with Gasteiger partial charge in [0.05, 0.1) is 12.1 Å². The summed E-state index contributed by atoms with van der Waals surface area (Å²) < 4.78 is 2.30. The fourth-order valence-corrected chi connectivity index (χ4v) is 1.20. The number of hydrogen-bond acceptors (Lipinski definition) is 2. The van der Waals surface area contributed by atoms with Crippen LogP contribution in [-0.4, -0.2) is 16.4 Å². The molecule has 0 aromatic carbocycles. The van der Waals surface area contributed by atoms with Crippen molar-refractivity contribution < 1.29 is 0 Å². The molecule has 0 fully saturated rings. The molecule has 1 aromatic rings. The second-order valence-electron chi connectivity index (χ2n) is 1.58. The third-order valence-electron chi connectivity index (χ3n) is 1.03. The largest absolute Gasteiger partial charge is 0.237 e. The minimum Gasteiger partial charge on any atom is -0.237 e. The van der Waals surface area contributed by atoms with E-state index in [9.17, 15) is 0 Å². The molecule has 5 heteroatoms. The van der Waals surface area contributed by atoms with Crippen molar-refractivity contribution in [3.05, 3.63) is 16.6 Å². The summed E-state index contributed by atoms with van der Waals surface area (Å²) in [7, 11) is 0. The highest BCUT2D eigenvalue weighted by Gasteiger charge is 2.03. The Hall–Kier alpha value is -0.350. The first-order valence-electron chi connectivity index (χ1n) is 2.54. The van der Waals surface area contributed by atoms with Crippen molar-refractivity contribution in [1.29, 1.82) is 0 Å². The van der Waals surface area contributed by atoms with Crippen LogP contribution in [0.3, 0.4) is 0 Å². The van der Waals surface area contributed by atoms with Gasteiger partial charge in [-0.2, -0.15) is 5.10 Å². The molecule has 1 aromatic heterocycles. The lowest BCUT2D eigenvalue weighted by Crippen LogP contribution is -1.93. The first-order valence-corrected chi connectivity index (χ1v) is 3.87. The van der Waals surface area contributed by atoms with Crippen LogP contribution in [0.15, 0.2) is 15.9 Å². The molecule has 0 saturated carbocycles. The summed E-state index contributed by atoms with van der Waals surface area (Å²) in [6, 6.07) is 0. The maximum atomic E-state index is 5.53. The van der Waals surface area contributed by atoms with Crippen LogP contribution in [0.1, 0.15) is 5.82 Å². The maximum Gasteiger partial charge on any atom is 0.145 e. The second-order valence-corrected chi connectivity index (χ2v) is 2.66. The highest BCUT2D eigenvalue weighted by molar-refractivity contribution is 9.10. The quantitative estimate of drug-likeness (QED) is 0.555. The van der Waals surface area contributed by atoms with Crippen molar-refractivity contribution in [2.45, 2.75) is 5.88 Å². The molecule has 0 spiro atoms. The lowest BCUT2D eigenvalue weighted by Gasteiger charge is -1.95. The second kappa shape index (κ2) is 3.16. The van der Waals surface area contributed by atoms with E-state index in [0.717, 1.165) is 4.60 Å². The lowest BCUT2D eigenvalue weighted by molar-refractivity contribution is 0.809. The van der Waals surface area contributed by atoms with Gasteiger partial charge in [0.25, 0.3) is 0 Å². The summed E-state index contributed by atoms with van der Waals surface area (Å²) in [5.41, 5.74) is 0. The van der Waals surface area contributed by atoms with Crippen LogP contribution in [-0.2, 0) is 5.88 Å². The normalized spacial score (nSPS) is 9.80. The predicted molar refractivity (Wildman–Crippen MR) is 44.4 cm³/mol. The van der Waals surface area contributed by atoms with Crippen LogP contribution in [0.25, 0.3) is 0 Å². The van der Waals surface area contributed by atoms with E-state index in [1.165, 1.54) is 4.68 Å². The van der Waals surface area contributed by atoms with Crippen LogP contribution < -0.4 is 0 Å². The van der Waals surface area contributed by atoms with E-state index in [1.807, 2.05) is 0 Å². The Labute approximate surface area is 71.8 Å². The third kappa shape index (κ3) is 1.22. The molecule has 0 radical (unpaired) electrons. The molecule has 1 heterocycles. The molecule has 10 heavy (non-hydrogen) atoms. The Morgan fingerprint density at radius 2 is 2.60 bits per heavy atom. The summed E-state index contributed by atoms with van der Waals surface area (Å²) in [5.74, 6) is 1.02. The van der Waals surface area contributed by atoms with Crippen molar-refractivity contribution in [1.82, 2.24) is 9.66 Å². The van der Waals surface area contributed by atoms with Gasteiger partial charge >= 0.3 is 0 Å². The smallest absolute Gasteiger partial charge is 0.145 e. The maximum absolute atomic E-state index is 5.53. The average molecular weight is 222 g/mol. The van der Waals surface area contributed by atoms with Gasteiger partial charge in [-0.25, -0.2) is 9.66 Å². The molecule has 3 nitrogen and oxygen atoms in total. The van der Waals surface area contributed by atoms with E-state index >= 15 is 0 Å². The molecular weight excluding hydrogens is 217 g/mol. The molecule has 54 valence electrons. The van der Waals surface area contributed by atoms with E-state index < -0.39 is 0 Å². The van der Waals surface area contributed by atoms with Crippen LogP contribution in [0.4, 0.5) is 0 Å². The fraction of sp³-hybridized carbons (Fsp3) is 0.200. The molecule has 0 saturated heterocycles. The van der Waals surface area contributed by atoms with Gasteiger partial charge in [-0.15, -0.1) is 11.6 Å². The van der Waals surface area contributed by atoms with Gasteiger partial charge in [0.15, 0.2) is 0 Å². The van der Waals surface area contributed by atoms with Gasteiger partial charge in [0.2, 0.25) is 0 Å². The number of imidazole rings is 1. The van der Waals surface area contributed by atoms with Crippen molar-refractivity contribution >= 4 is 34.2 Å². The highest BCUT2D eigenvalue weighted by Crippen LogP contribution is 2.12. The van der Waals surface area contributed by atoms with E-state index in [1.54, 1.807) is 6.20 Å². The lowest BCUT2D eigenvalue weighted by atomic mass is 10.7. The van der Waals surface area contributed by atoms with Crippen molar-refractivity contribution in [3.8, 4) is 0 Å². The number of aromatic nitrogens is 2. The summed E-state index contributed by atoms with van der Waals surface area (Å²) in [6.45, 7) is 3.36. The molecule has 0 aliphatic heterocycles. The van der Waals surface area contributed by atoms with Gasteiger partial charge in [0.1, 0.15) is 10.4 Å². The van der Waals surface area contributed by atoms with E-state index in [2.05, 4.69) is 32.7 Å². The highest BCUT2D eigenvalue weighted by atomic mass is 79.9. The topological polar surface area (TPSA) is 30.2 Å². The van der Waals surface area contributed by atoms with E-state index in [-0.39, 0.29) is 0 Å². The number of hydrogen-bond donors (Lipinski definition) is 0. The molecule has 0 amide bonds. The molecule has 0 atom stereocenters. The van der Waals surface area contributed by atoms with E-state index in [4.69, 9.17) is 11.6 Å². The first kappa shape index (κ1) is 7.75. The average Bonchev–Trinajstić information content (AvgIpc) is 2.30. The zero-order valence-electron chi connectivity index (χ0n) is 5.09. The summed E-state index contributed by atoms with van der Waals surface area (Å²) >= 11 is 8.76. The zero-order valence-corrected chi connectivity index (χ0v) is 7.43. The minimum atomic E-state index is 0.338. The van der Waals surface area contributed by atoms with Crippen LogP contribution >= 0.6 is 27.5 Å². The Balaban J connectivity index is 3.12. The molecule has 0 N–H and O–H groups in total. The number of alkyl halides is 1. The Bertz CT molecular complexity index is 245. The first-order chi connectivity index (χ1) is 4.79. The Kier molecular flexibility index (Phi) is 2.45. The molecule has 0 aliphatic rings. The number of nitrogens with zero attached hydrogens (tertiary/aromatic N) is 3. The van der Waals surface area contributed by atoms with Crippen LogP contribution in [0.2, 0.25) is 0 Å². The van der Waals surface area contributed by atoms with Gasteiger partial charge in [0, 0.05) is 6.72 Å². The van der Waals surface area contributed by atoms with Crippen LogP contribution in [0.5, 0.6) is 0 Å². The van der Waals surface area contributed by atoms with Gasteiger partial charge < -0.3 is 0 Å². The predicted octanol–water partition coefficient (Wildman–Crippen LogP) is 1.85. The van der Waals surface area contributed by atoms with Crippen molar-refractivity contribution in [2.24, 2.45) is 5.10 Å². The fourth-order valence-electron chi connectivity index (χ4n) is 0.601. The third-order valence-corrected chi connectivity index (χ3v) is 1.81. The van der Waals surface area contributed by atoms with Gasteiger partial charge in [-0.05, 0) is 15.9 Å². The molecule has 0 unspecified atom stereocenters.